The standard InChI is InChI=1S/C13H19BrN2O4S/c1-4-20-13(17)10-5-6-12(11(14)7-10)21(18,19)16(3)9(2)8-15/h5-7,9H,4,8,15H2,1-3H3. The van der Waals surface area contributed by atoms with Crippen molar-refractivity contribution in [3.8, 4) is 0 Å². The van der Waals surface area contributed by atoms with Gasteiger partial charge in [0.05, 0.1) is 17.1 Å². The number of esters is 1. The van der Waals surface area contributed by atoms with E-state index in [1.807, 2.05) is 0 Å². The van der Waals surface area contributed by atoms with Crippen LogP contribution in [0, 0.1) is 0 Å². The first-order valence-electron chi connectivity index (χ1n) is 6.40. The summed E-state index contributed by atoms with van der Waals surface area (Å²) in [7, 11) is -2.21. The third kappa shape index (κ3) is 4.03. The molecule has 1 unspecified atom stereocenters. The summed E-state index contributed by atoms with van der Waals surface area (Å²) in [5, 5.41) is 0. The molecule has 21 heavy (non-hydrogen) atoms. The molecule has 8 heteroatoms. The number of ether oxygens (including phenoxy) is 1. The lowest BCUT2D eigenvalue weighted by molar-refractivity contribution is 0.0526. The van der Waals surface area contributed by atoms with Crippen molar-refractivity contribution in [3.63, 3.8) is 0 Å². The average Bonchev–Trinajstić information content (AvgIpc) is 2.45. The Hall–Kier alpha value is -0.960. The number of hydrogen-bond acceptors (Lipinski definition) is 5. The summed E-state index contributed by atoms with van der Waals surface area (Å²) in [4.78, 5) is 11.7. The van der Waals surface area contributed by atoms with Crippen LogP contribution in [0.5, 0.6) is 0 Å². The van der Waals surface area contributed by atoms with Crippen LogP contribution in [0.3, 0.4) is 0 Å². The Kier molecular flexibility index (Phi) is 6.33. The summed E-state index contributed by atoms with van der Waals surface area (Å²) in [5.41, 5.74) is 5.79. The minimum atomic E-state index is -3.68. The Labute approximate surface area is 133 Å². The van der Waals surface area contributed by atoms with E-state index in [-0.39, 0.29) is 29.7 Å². The molecule has 0 aromatic heterocycles. The first-order chi connectivity index (χ1) is 9.75. The summed E-state index contributed by atoms with van der Waals surface area (Å²) in [6.07, 6.45) is 0. The molecule has 0 saturated carbocycles. The summed E-state index contributed by atoms with van der Waals surface area (Å²) in [5.74, 6) is -0.495. The van der Waals surface area contributed by atoms with E-state index in [0.29, 0.717) is 4.47 Å². The molecule has 0 bridgehead atoms. The van der Waals surface area contributed by atoms with Gasteiger partial charge in [0.2, 0.25) is 10.0 Å². The first kappa shape index (κ1) is 18.1. The van der Waals surface area contributed by atoms with E-state index in [0.717, 1.165) is 0 Å². The molecule has 0 aliphatic carbocycles. The van der Waals surface area contributed by atoms with Crippen LogP contribution in [0.4, 0.5) is 0 Å². The lowest BCUT2D eigenvalue weighted by Gasteiger charge is -2.23. The quantitative estimate of drug-likeness (QED) is 0.759. The van der Waals surface area contributed by atoms with E-state index in [2.05, 4.69) is 15.9 Å². The molecule has 1 aromatic carbocycles. The van der Waals surface area contributed by atoms with Gasteiger partial charge in [0.1, 0.15) is 0 Å². The van der Waals surface area contributed by atoms with Crippen molar-refractivity contribution in [3.05, 3.63) is 28.2 Å². The van der Waals surface area contributed by atoms with Gasteiger partial charge in [-0.25, -0.2) is 13.2 Å². The fraction of sp³-hybridized carbons (Fsp3) is 0.462. The number of likely N-dealkylation sites (N-methyl/N-ethyl adjacent to an activating group) is 1. The zero-order chi connectivity index (χ0) is 16.2. The van der Waals surface area contributed by atoms with Crippen LogP contribution in [0.1, 0.15) is 24.2 Å². The van der Waals surface area contributed by atoms with Gasteiger partial charge in [0, 0.05) is 24.1 Å². The van der Waals surface area contributed by atoms with Gasteiger partial charge in [-0.3, -0.25) is 0 Å². The highest BCUT2D eigenvalue weighted by atomic mass is 79.9. The Balaban J connectivity index is 3.18. The van der Waals surface area contributed by atoms with E-state index in [1.54, 1.807) is 13.8 Å². The minimum Gasteiger partial charge on any atom is -0.462 e. The fourth-order valence-corrected chi connectivity index (χ4v) is 4.00. The van der Waals surface area contributed by atoms with Crippen LogP contribution in [-0.4, -0.2) is 44.9 Å². The van der Waals surface area contributed by atoms with Gasteiger partial charge in [-0.1, -0.05) is 0 Å². The second-order valence-electron chi connectivity index (χ2n) is 4.47. The molecule has 0 saturated heterocycles. The van der Waals surface area contributed by atoms with Gasteiger partial charge in [-0.05, 0) is 48.0 Å². The Morgan fingerprint density at radius 1 is 1.48 bits per heavy atom. The molecule has 0 amide bonds. The molecule has 1 aromatic rings. The van der Waals surface area contributed by atoms with Crippen LogP contribution >= 0.6 is 15.9 Å². The Bertz CT molecular complexity index is 619. The van der Waals surface area contributed by atoms with Crippen molar-refractivity contribution in [1.29, 1.82) is 0 Å². The number of carbonyl (C=O) groups excluding carboxylic acids is 1. The molecule has 2 N–H and O–H groups in total. The number of hydrogen-bond donors (Lipinski definition) is 1. The van der Waals surface area contributed by atoms with E-state index in [1.165, 1.54) is 29.6 Å². The third-order valence-corrected chi connectivity index (χ3v) is 6.01. The van der Waals surface area contributed by atoms with Crippen molar-refractivity contribution in [2.24, 2.45) is 5.73 Å². The number of carbonyl (C=O) groups is 1. The topological polar surface area (TPSA) is 89.7 Å². The molecule has 0 spiro atoms. The van der Waals surface area contributed by atoms with Crippen molar-refractivity contribution in [2.75, 3.05) is 20.2 Å². The van der Waals surface area contributed by atoms with Gasteiger partial charge in [0.15, 0.2) is 0 Å². The number of nitrogens with two attached hydrogens (primary N) is 1. The zero-order valence-electron chi connectivity index (χ0n) is 12.2. The molecule has 1 atom stereocenters. The van der Waals surface area contributed by atoms with Crippen LogP contribution in [0.15, 0.2) is 27.6 Å². The van der Waals surface area contributed by atoms with E-state index in [9.17, 15) is 13.2 Å². The highest BCUT2D eigenvalue weighted by Crippen LogP contribution is 2.26. The monoisotopic (exact) mass is 378 g/mol. The molecule has 0 heterocycles. The molecule has 0 aliphatic rings. The van der Waals surface area contributed by atoms with Gasteiger partial charge < -0.3 is 10.5 Å². The maximum absolute atomic E-state index is 12.5. The Morgan fingerprint density at radius 3 is 2.57 bits per heavy atom. The molecular formula is C13H19BrN2O4S. The SMILES string of the molecule is CCOC(=O)c1ccc(S(=O)(=O)N(C)C(C)CN)c(Br)c1. The number of nitrogens with zero attached hydrogens (tertiary/aromatic N) is 1. The van der Waals surface area contributed by atoms with Gasteiger partial charge >= 0.3 is 5.97 Å². The summed E-state index contributed by atoms with van der Waals surface area (Å²) < 4.78 is 31.4. The first-order valence-corrected chi connectivity index (χ1v) is 8.63. The molecular weight excluding hydrogens is 360 g/mol. The summed E-state index contributed by atoms with van der Waals surface area (Å²) in [6.45, 7) is 3.90. The number of sulfonamides is 1. The van der Waals surface area contributed by atoms with Gasteiger partial charge in [-0.2, -0.15) is 4.31 Å². The predicted molar refractivity (Wildman–Crippen MR) is 83.6 cm³/mol. The smallest absolute Gasteiger partial charge is 0.338 e. The van der Waals surface area contributed by atoms with Crippen molar-refractivity contribution < 1.29 is 17.9 Å². The molecule has 118 valence electrons. The second-order valence-corrected chi connectivity index (χ2v) is 7.29. The molecule has 0 fully saturated rings. The molecule has 1 rings (SSSR count). The molecule has 0 radical (unpaired) electrons. The average molecular weight is 379 g/mol. The van der Waals surface area contributed by atoms with E-state index < -0.39 is 16.0 Å². The van der Waals surface area contributed by atoms with Crippen molar-refractivity contribution >= 4 is 31.9 Å². The van der Waals surface area contributed by atoms with Gasteiger partial charge in [0.25, 0.3) is 0 Å². The molecule has 6 nitrogen and oxygen atoms in total. The van der Waals surface area contributed by atoms with Gasteiger partial charge in [-0.15, -0.1) is 0 Å². The highest BCUT2D eigenvalue weighted by Gasteiger charge is 2.27. The summed E-state index contributed by atoms with van der Waals surface area (Å²) in [6, 6.07) is 3.92. The van der Waals surface area contributed by atoms with E-state index >= 15 is 0 Å². The second kappa shape index (κ2) is 7.35. The lowest BCUT2D eigenvalue weighted by atomic mass is 10.2. The normalized spacial score (nSPS) is 13.2. The maximum Gasteiger partial charge on any atom is 0.338 e. The van der Waals surface area contributed by atoms with Crippen LogP contribution in [-0.2, 0) is 14.8 Å². The third-order valence-electron chi connectivity index (χ3n) is 3.06. The Morgan fingerprint density at radius 2 is 2.10 bits per heavy atom. The summed E-state index contributed by atoms with van der Waals surface area (Å²) >= 11 is 3.20. The largest absolute Gasteiger partial charge is 0.462 e. The van der Waals surface area contributed by atoms with Crippen LogP contribution in [0.25, 0.3) is 0 Å². The van der Waals surface area contributed by atoms with Crippen LogP contribution in [0.2, 0.25) is 0 Å². The maximum atomic E-state index is 12.5. The highest BCUT2D eigenvalue weighted by molar-refractivity contribution is 9.10. The lowest BCUT2D eigenvalue weighted by Crippen LogP contribution is -2.39. The number of halogens is 1. The van der Waals surface area contributed by atoms with Crippen molar-refractivity contribution in [2.45, 2.75) is 24.8 Å². The van der Waals surface area contributed by atoms with Crippen LogP contribution < -0.4 is 5.73 Å². The van der Waals surface area contributed by atoms with E-state index in [4.69, 9.17) is 10.5 Å². The molecule has 0 aliphatic heterocycles. The fourth-order valence-electron chi connectivity index (χ4n) is 1.59. The number of benzene rings is 1. The number of rotatable bonds is 6. The van der Waals surface area contributed by atoms with Crippen molar-refractivity contribution in [1.82, 2.24) is 4.31 Å². The zero-order valence-corrected chi connectivity index (χ0v) is 14.6. The predicted octanol–water partition coefficient (Wildman–Crippen LogP) is 1.59. The minimum absolute atomic E-state index is 0.0818.